The van der Waals surface area contributed by atoms with Crippen LogP contribution < -0.4 is 16.8 Å². The highest BCUT2D eigenvalue weighted by atomic mass is 14.9. The molecule has 0 saturated heterocycles. The van der Waals surface area contributed by atoms with E-state index in [-0.39, 0.29) is 6.04 Å². The van der Waals surface area contributed by atoms with Gasteiger partial charge in [-0.05, 0) is 24.6 Å². The van der Waals surface area contributed by atoms with Crippen molar-refractivity contribution in [2.24, 2.45) is 11.5 Å². The van der Waals surface area contributed by atoms with Gasteiger partial charge in [-0.2, -0.15) is 0 Å². The van der Waals surface area contributed by atoms with E-state index in [2.05, 4.69) is 16.4 Å². The van der Waals surface area contributed by atoms with Gasteiger partial charge in [0, 0.05) is 25.2 Å². The second-order valence-electron chi connectivity index (χ2n) is 3.93. The second kappa shape index (κ2) is 4.70. The summed E-state index contributed by atoms with van der Waals surface area (Å²) in [6.45, 7) is 2.49. The molecule has 2 heterocycles. The average molecular weight is 206 g/mol. The van der Waals surface area contributed by atoms with Crippen LogP contribution in [0.1, 0.15) is 23.0 Å². The van der Waals surface area contributed by atoms with Gasteiger partial charge in [0.25, 0.3) is 0 Å². The molecule has 4 nitrogen and oxygen atoms in total. The molecule has 0 fully saturated rings. The van der Waals surface area contributed by atoms with Crippen LogP contribution in [0.5, 0.6) is 0 Å². The first kappa shape index (κ1) is 10.5. The van der Waals surface area contributed by atoms with Gasteiger partial charge in [0.05, 0.1) is 11.7 Å². The molecule has 1 aromatic heterocycles. The SMILES string of the molecule is NCC(N)c1ccc2c(n1)CCNCC2. The number of rotatable bonds is 2. The van der Waals surface area contributed by atoms with Crippen molar-refractivity contribution in [3.63, 3.8) is 0 Å². The normalized spacial score (nSPS) is 18.0. The van der Waals surface area contributed by atoms with Crippen LogP contribution in [0.3, 0.4) is 0 Å². The minimum atomic E-state index is -0.133. The largest absolute Gasteiger partial charge is 0.329 e. The topological polar surface area (TPSA) is 77.0 Å². The molecule has 1 aliphatic rings. The first-order valence-corrected chi connectivity index (χ1v) is 5.46. The van der Waals surface area contributed by atoms with Gasteiger partial charge in [-0.15, -0.1) is 0 Å². The molecule has 0 radical (unpaired) electrons. The highest BCUT2D eigenvalue weighted by Crippen LogP contribution is 2.14. The van der Waals surface area contributed by atoms with E-state index in [4.69, 9.17) is 11.5 Å². The molecule has 5 N–H and O–H groups in total. The molecular weight excluding hydrogens is 188 g/mol. The van der Waals surface area contributed by atoms with Crippen molar-refractivity contribution in [3.8, 4) is 0 Å². The zero-order valence-corrected chi connectivity index (χ0v) is 8.87. The Morgan fingerprint density at radius 2 is 2.13 bits per heavy atom. The first-order valence-electron chi connectivity index (χ1n) is 5.46. The second-order valence-corrected chi connectivity index (χ2v) is 3.93. The van der Waals surface area contributed by atoms with Crippen molar-refractivity contribution in [2.45, 2.75) is 18.9 Å². The summed E-state index contributed by atoms with van der Waals surface area (Å²) in [5.74, 6) is 0. The summed E-state index contributed by atoms with van der Waals surface area (Å²) >= 11 is 0. The summed E-state index contributed by atoms with van der Waals surface area (Å²) in [6, 6.07) is 4.01. The number of hydrogen-bond donors (Lipinski definition) is 3. The van der Waals surface area contributed by atoms with E-state index in [0.29, 0.717) is 6.54 Å². The van der Waals surface area contributed by atoms with Crippen LogP contribution in [0, 0.1) is 0 Å². The van der Waals surface area contributed by atoms with E-state index in [1.165, 1.54) is 11.3 Å². The number of pyridine rings is 1. The Morgan fingerprint density at radius 1 is 1.33 bits per heavy atom. The quantitative estimate of drug-likeness (QED) is 0.622. The molecule has 2 rings (SSSR count). The number of fused-ring (bicyclic) bond motifs is 1. The van der Waals surface area contributed by atoms with E-state index in [1.807, 2.05) is 6.07 Å². The summed E-state index contributed by atoms with van der Waals surface area (Å²) in [7, 11) is 0. The number of aromatic nitrogens is 1. The van der Waals surface area contributed by atoms with Gasteiger partial charge in [0.1, 0.15) is 0 Å². The number of hydrogen-bond acceptors (Lipinski definition) is 4. The van der Waals surface area contributed by atoms with Gasteiger partial charge in [0.15, 0.2) is 0 Å². The molecule has 15 heavy (non-hydrogen) atoms. The lowest BCUT2D eigenvalue weighted by Gasteiger charge is -2.11. The molecule has 4 heteroatoms. The summed E-state index contributed by atoms with van der Waals surface area (Å²) in [5.41, 5.74) is 14.8. The van der Waals surface area contributed by atoms with Crippen LogP contribution in [0.2, 0.25) is 0 Å². The van der Waals surface area contributed by atoms with Gasteiger partial charge in [-0.1, -0.05) is 6.07 Å². The van der Waals surface area contributed by atoms with Crippen molar-refractivity contribution < 1.29 is 0 Å². The van der Waals surface area contributed by atoms with Crippen molar-refractivity contribution in [2.75, 3.05) is 19.6 Å². The number of nitrogens with zero attached hydrogens (tertiary/aromatic N) is 1. The summed E-state index contributed by atoms with van der Waals surface area (Å²) in [5, 5.41) is 3.36. The third-order valence-electron chi connectivity index (χ3n) is 2.83. The number of nitrogens with one attached hydrogen (secondary N) is 1. The Hall–Kier alpha value is -0.970. The molecule has 0 saturated carbocycles. The highest BCUT2D eigenvalue weighted by Gasteiger charge is 2.12. The maximum Gasteiger partial charge on any atom is 0.0594 e. The minimum Gasteiger partial charge on any atom is -0.329 e. The maximum atomic E-state index is 5.86. The zero-order valence-electron chi connectivity index (χ0n) is 8.87. The van der Waals surface area contributed by atoms with Crippen molar-refractivity contribution >= 4 is 0 Å². The fourth-order valence-corrected chi connectivity index (χ4v) is 1.87. The summed E-state index contributed by atoms with van der Waals surface area (Å²) < 4.78 is 0. The molecule has 0 bridgehead atoms. The lowest BCUT2D eigenvalue weighted by atomic mass is 10.1. The van der Waals surface area contributed by atoms with E-state index in [9.17, 15) is 0 Å². The van der Waals surface area contributed by atoms with Gasteiger partial charge in [0.2, 0.25) is 0 Å². The van der Waals surface area contributed by atoms with Crippen LogP contribution in [-0.4, -0.2) is 24.6 Å². The Balaban J connectivity index is 2.27. The number of nitrogens with two attached hydrogens (primary N) is 2. The minimum absolute atomic E-state index is 0.133. The lowest BCUT2D eigenvalue weighted by molar-refractivity contribution is 0.693. The van der Waals surface area contributed by atoms with Gasteiger partial charge >= 0.3 is 0 Å². The van der Waals surface area contributed by atoms with Crippen LogP contribution >= 0.6 is 0 Å². The molecule has 0 aromatic carbocycles. The molecule has 0 amide bonds. The predicted molar refractivity (Wildman–Crippen MR) is 60.5 cm³/mol. The van der Waals surface area contributed by atoms with E-state index in [1.54, 1.807) is 0 Å². The maximum absolute atomic E-state index is 5.86. The molecule has 0 spiro atoms. The van der Waals surface area contributed by atoms with Crippen LogP contribution in [0.25, 0.3) is 0 Å². The lowest BCUT2D eigenvalue weighted by Crippen LogP contribution is -2.22. The fraction of sp³-hybridized carbons (Fsp3) is 0.545. The van der Waals surface area contributed by atoms with Crippen LogP contribution in [0.4, 0.5) is 0 Å². The van der Waals surface area contributed by atoms with Gasteiger partial charge in [-0.3, -0.25) is 4.98 Å². The van der Waals surface area contributed by atoms with E-state index >= 15 is 0 Å². The highest BCUT2D eigenvalue weighted by molar-refractivity contribution is 5.26. The Bertz CT molecular complexity index is 337. The molecule has 0 aliphatic carbocycles. The summed E-state index contributed by atoms with van der Waals surface area (Å²) in [6.07, 6.45) is 2.04. The van der Waals surface area contributed by atoms with Crippen LogP contribution in [0.15, 0.2) is 12.1 Å². The van der Waals surface area contributed by atoms with Crippen molar-refractivity contribution in [1.29, 1.82) is 0 Å². The smallest absolute Gasteiger partial charge is 0.0594 e. The Morgan fingerprint density at radius 3 is 2.93 bits per heavy atom. The van der Waals surface area contributed by atoms with Crippen molar-refractivity contribution in [1.82, 2.24) is 10.3 Å². The van der Waals surface area contributed by atoms with Gasteiger partial charge in [-0.25, -0.2) is 0 Å². The average Bonchev–Trinajstić information content (AvgIpc) is 2.51. The molecule has 1 atom stereocenters. The van der Waals surface area contributed by atoms with E-state index in [0.717, 1.165) is 31.6 Å². The predicted octanol–water partition coefficient (Wildman–Crippen LogP) is -0.272. The zero-order chi connectivity index (χ0) is 10.7. The first-order chi connectivity index (χ1) is 7.31. The third-order valence-corrected chi connectivity index (χ3v) is 2.83. The Kier molecular flexibility index (Phi) is 3.30. The monoisotopic (exact) mass is 206 g/mol. The molecular formula is C11H18N4. The van der Waals surface area contributed by atoms with E-state index < -0.39 is 0 Å². The molecule has 1 aromatic rings. The van der Waals surface area contributed by atoms with Crippen molar-refractivity contribution in [3.05, 3.63) is 29.1 Å². The fourth-order valence-electron chi connectivity index (χ4n) is 1.87. The molecule has 1 unspecified atom stereocenters. The van der Waals surface area contributed by atoms with Gasteiger partial charge < -0.3 is 16.8 Å². The standard InChI is InChI=1S/C11H18N4/c12-7-9(13)11-2-1-8-3-5-14-6-4-10(8)15-11/h1-2,9,14H,3-7,12-13H2. The molecule has 1 aliphatic heterocycles. The Labute approximate surface area is 90.1 Å². The third kappa shape index (κ3) is 2.34. The molecule has 82 valence electrons. The van der Waals surface area contributed by atoms with Crippen LogP contribution in [-0.2, 0) is 12.8 Å². The summed E-state index contributed by atoms with van der Waals surface area (Å²) in [4.78, 5) is 4.60.